The highest BCUT2D eigenvalue weighted by molar-refractivity contribution is 6.35. The molecule has 1 aliphatic heterocycles. The topological polar surface area (TPSA) is 110 Å². The molecule has 45 heavy (non-hydrogen) atoms. The van der Waals surface area contributed by atoms with Gasteiger partial charge in [0.2, 0.25) is 5.91 Å². The van der Waals surface area contributed by atoms with Crippen molar-refractivity contribution in [2.45, 2.75) is 32.1 Å². The Labute approximate surface area is 273 Å². The lowest BCUT2D eigenvalue weighted by atomic mass is 10.0. The van der Waals surface area contributed by atoms with Crippen molar-refractivity contribution in [1.82, 2.24) is 9.80 Å². The predicted octanol–water partition coefficient (Wildman–Crippen LogP) is 6.14. The molecule has 0 aliphatic carbocycles. The molecule has 0 radical (unpaired) electrons. The van der Waals surface area contributed by atoms with Gasteiger partial charge in [-0.2, -0.15) is 0 Å². The van der Waals surface area contributed by atoms with E-state index >= 15 is 0 Å². The number of aromatic carboxylic acids is 1. The number of Topliss-reactive ketones (excluding diaryl/α,β-unsaturated/α-hetero) is 1. The number of rotatable bonds is 13. The first kappa shape index (κ1) is 34.0. The molecule has 0 spiro atoms. The van der Waals surface area contributed by atoms with E-state index in [0.29, 0.717) is 73.3 Å². The van der Waals surface area contributed by atoms with E-state index in [4.69, 9.17) is 23.2 Å². The number of piperazine rings is 1. The van der Waals surface area contributed by atoms with Gasteiger partial charge < -0.3 is 25.1 Å². The summed E-state index contributed by atoms with van der Waals surface area (Å²) in [5, 5.41) is 13.5. The van der Waals surface area contributed by atoms with Gasteiger partial charge in [-0.25, -0.2) is 4.79 Å². The van der Waals surface area contributed by atoms with Gasteiger partial charge >= 0.3 is 5.97 Å². The van der Waals surface area contributed by atoms with Crippen LogP contribution >= 0.6 is 23.2 Å². The van der Waals surface area contributed by atoms with E-state index in [2.05, 4.69) is 10.2 Å². The Bertz CT molecular complexity index is 1550. The van der Waals surface area contributed by atoms with Crippen LogP contribution in [0.3, 0.4) is 0 Å². The second kappa shape index (κ2) is 15.9. The molecule has 1 aliphatic rings. The van der Waals surface area contributed by atoms with Crippen molar-refractivity contribution in [3.05, 3.63) is 93.0 Å². The molecule has 1 saturated heterocycles. The minimum Gasteiger partial charge on any atom is -0.478 e. The predicted molar refractivity (Wildman–Crippen MR) is 178 cm³/mol. The Balaban J connectivity index is 1.48. The van der Waals surface area contributed by atoms with Gasteiger partial charge in [0, 0.05) is 66.7 Å². The number of carboxylic acids is 1. The van der Waals surface area contributed by atoms with Gasteiger partial charge in [-0.15, -0.1) is 0 Å². The Morgan fingerprint density at radius 3 is 2.27 bits per heavy atom. The van der Waals surface area contributed by atoms with E-state index in [-0.39, 0.29) is 22.8 Å². The zero-order valence-corrected chi connectivity index (χ0v) is 27.0. The minimum absolute atomic E-state index is 0.00162. The largest absolute Gasteiger partial charge is 0.478 e. The Morgan fingerprint density at radius 2 is 1.58 bits per heavy atom. The third-order valence-electron chi connectivity index (χ3n) is 7.80. The van der Waals surface area contributed by atoms with Crippen molar-refractivity contribution >= 4 is 58.1 Å². The van der Waals surface area contributed by atoms with E-state index < -0.39 is 11.9 Å². The number of amides is 2. The summed E-state index contributed by atoms with van der Waals surface area (Å²) >= 11 is 12.3. The molecule has 1 heterocycles. The normalized spacial score (nSPS) is 13.2. The van der Waals surface area contributed by atoms with Gasteiger partial charge in [-0.3, -0.25) is 14.4 Å². The van der Waals surface area contributed by atoms with Gasteiger partial charge in [-0.05, 0) is 87.5 Å². The fraction of sp³-hybridized carbons (Fsp3) is 0.353. The van der Waals surface area contributed by atoms with E-state index in [0.717, 1.165) is 24.1 Å². The monoisotopic (exact) mass is 652 g/mol. The summed E-state index contributed by atoms with van der Waals surface area (Å²) in [5.74, 6) is -1.56. The van der Waals surface area contributed by atoms with Crippen LogP contribution in [0.15, 0.2) is 60.7 Å². The smallest absolute Gasteiger partial charge is 0.335 e. The number of nitrogens with zero attached hydrogens (tertiary/aromatic N) is 3. The van der Waals surface area contributed by atoms with Crippen LogP contribution in [0.25, 0.3) is 0 Å². The average molecular weight is 654 g/mol. The molecule has 1 fully saturated rings. The van der Waals surface area contributed by atoms with Crippen molar-refractivity contribution in [2.24, 2.45) is 0 Å². The first-order valence-corrected chi connectivity index (χ1v) is 15.7. The first-order valence-electron chi connectivity index (χ1n) is 14.9. The summed E-state index contributed by atoms with van der Waals surface area (Å²) in [5.41, 5.74) is 2.82. The van der Waals surface area contributed by atoms with Crippen molar-refractivity contribution < 1.29 is 24.3 Å². The number of unbranched alkanes of at least 4 members (excludes halogenated alkanes) is 1. The highest BCUT2D eigenvalue weighted by Crippen LogP contribution is 2.30. The summed E-state index contributed by atoms with van der Waals surface area (Å²) in [7, 11) is 3.87. The lowest BCUT2D eigenvalue weighted by Gasteiger charge is -2.37. The SMILES string of the molecule is CN(C)CCC(=O)N1CCN(c2ccc(C(=O)CCCCc3ccc(Cl)cc3Cl)cc2NC(=O)c2cccc(C(=O)O)c2)CC1. The molecular weight excluding hydrogens is 615 g/mol. The molecule has 3 aromatic carbocycles. The molecule has 238 valence electrons. The third-order valence-corrected chi connectivity index (χ3v) is 8.39. The maximum atomic E-state index is 13.3. The van der Waals surface area contributed by atoms with Crippen LogP contribution in [0.4, 0.5) is 11.4 Å². The van der Waals surface area contributed by atoms with Crippen LogP contribution in [0.2, 0.25) is 10.0 Å². The summed E-state index contributed by atoms with van der Waals surface area (Å²) in [4.78, 5) is 56.6. The molecule has 0 saturated carbocycles. The number of halogens is 2. The number of carbonyl (C=O) groups excluding carboxylic acids is 3. The van der Waals surface area contributed by atoms with Crippen LogP contribution < -0.4 is 10.2 Å². The molecule has 0 aromatic heterocycles. The molecule has 2 amide bonds. The molecule has 4 rings (SSSR count). The second-order valence-corrected chi connectivity index (χ2v) is 12.2. The van der Waals surface area contributed by atoms with Crippen LogP contribution in [-0.4, -0.2) is 85.3 Å². The maximum absolute atomic E-state index is 13.3. The highest BCUT2D eigenvalue weighted by Gasteiger charge is 2.24. The van der Waals surface area contributed by atoms with Crippen molar-refractivity contribution in [1.29, 1.82) is 0 Å². The number of nitrogens with one attached hydrogen (secondary N) is 1. The van der Waals surface area contributed by atoms with Crippen LogP contribution in [0.1, 0.15) is 62.3 Å². The Morgan fingerprint density at radius 1 is 0.844 bits per heavy atom. The number of hydrogen-bond acceptors (Lipinski definition) is 6. The number of ketones is 1. The zero-order chi connectivity index (χ0) is 32.5. The molecule has 0 bridgehead atoms. The lowest BCUT2D eigenvalue weighted by molar-refractivity contribution is -0.131. The standard InChI is InChI=1S/C34H38Cl2N4O5/c1-38(2)15-14-32(42)40-18-16-39(17-19-40)30-13-11-24(31(41)9-4-3-6-23-10-12-27(35)22-28(23)36)21-29(30)37-33(43)25-7-5-8-26(20-25)34(44)45/h5,7-8,10-13,20-22H,3-4,6,9,14-19H2,1-2H3,(H,37,43)(H,44,45). The lowest BCUT2D eigenvalue weighted by Crippen LogP contribution is -2.49. The number of anilines is 2. The maximum Gasteiger partial charge on any atom is 0.335 e. The molecule has 2 N–H and O–H groups in total. The summed E-state index contributed by atoms with van der Waals surface area (Å²) in [6.07, 6.45) is 2.93. The minimum atomic E-state index is -1.13. The Kier molecular flexibility index (Phi) is 12.0. The van der Waals surface area contributed by atoms with E-state index in [1.807, 2.05) is 36.0 Å². The van der Waals surface area contributed by atoms with Crippen molar-refractivity contribution in [3.8, 4) is 0 Å². The van der Waals surface area contributed by atoms with Gasteiger partial charge in [-0.1, -0.05) is 35.3 Å². The second-order valence-electron chi connectivity index (χ2n) is 11.4. The summed E-state index contributed by atoms with van der Waals surface area (Å²) in [6, 6.07) is 16.5. The molecule has 0 atom stereocenters. The fourth-order valence-electron chi connectivity index (χ4n) is 5.22. The number of benzene rings is 3. The molecule has 3 aromatic rings. The van der Waals surface area contributed by atoms with Crippen LogP contribution in [-0.2, 0) is 11.2 Å². The van der Waals surface area contributed by atoms with E-state index in [1.54, 1.807) is 30.3 Å². The molecule has 11 heteroatoms. The number of aryl methyl sites for hydroxylation is 1. The van der Waals surface area contributed by atoms with Crippen molar-refractivity contribution in [3.63, 3.8) is 0 Å². The number of hydrogen-bond donors (Lipinski definition) is 2. The summed E-state index contributed by atoms with van der Waals surface area (Å²) in [6.45, 7) is 2.89. The van der Waals surface area contributed by atoms with Gasteiger partial charge in [0.15, 0.2) is 5.78 Å². The van der Waals surface area contributed by atoms with E-state index in [1.165, 1.54) is 18.2 Å². The van der Waals surface area contributed by atoms with Crippen LogP contribution in [0.5, 0.6) is 0 Å². The first-order chi connectivity index (χ1) is 21.5. The molecule has 9 nitrogen and oxygen atoms in total. The number of carboxylic acid groups (broad SMARTS) is 1. The zero-order valence-electron chi connectivity index (χ0n) is 25.5. The van der Waals surface area contributed by atoms with Gasteiger partial charge in [0.25, 0.3) is 5.91 Å². The van der Waals surface area contributed by atoms with Gasteiger partial charge in [0.05, 0.1) is 16.9 Å². The Hall–Kier alpha value is -3.92. The summed E-state index contributed by atoms with van der Waals surface area (Å²) < 4.78 is 0. The van der Waals surface area contributed by atoms with Crippen molar-refractivity contribution in [2.75, 3.05) is 57.0 Å². The quantitative estimate of drug-likeness (QED) is 0.169. The highest BCUT2D eigenvalue weighted by atomic mass is 35.5. The van der Waals surface area contributed by atoms with Gasteiger partial charge in [0.1, 0.15) is 0 Å². The molecule has 0 unspecified atom stereocenters. The average Bonchev–Trinajstić information content (AvgIpc) is 3.02. The van der Waals surface area contributed by atoms with E-state index in [9.17, 15) is 24.3 Å². The fourth-order valence-corrected chi connectivity index (χ4v) is 5.72. The molecular formula is C34H38Cl2N4O5. The number of carbonyl (C=O) groups is 4. The third kappa shape index (κ3) is 9.53. The van der Waals surface area contributed by atoms with Crippen LogP contribution in [0, 0.1) is 0 Å².